The van der Waals surface area contributed by atoms with Crippen molar-refractivity contribution in [3.8, 4) is 0 Å². The standard InChI is InChI=1S/C38H33N2O3P/c41-27-26-36(30-21-23-32(24-22-30)40(42)43)37-25-20-29-12-10-11-13-31(28-29)38(37)39-44(33-14-4-1-5-15-33,34-16-6-2-7-17-34)35-18-8-3-9-19-35/h1-25,27,36-38H,26,28H2. The lowest BCUT2D eigenvalue weighted by atomic mass is 9.77. The maximum absolute atomic E-state index is 12.2. The Morgan fingerprint density at radius 2 is 1.34 bits per heavy atom. The molecule has 3 unspecified atom stereocenters. The van der Waals surface area contributed by atoms with Gasteiger partial charge in [0.25, 0.3) is 5.69 Å². The van der Waals surface area contributed by atoms with Crippen LogP contribution in [0.5, 0.6) is 0 Å². The Morgan fingerprint density at radius 3 is 1.86 bits per heavy atom. The number of hydrogen-bond donors (Lipinski definition) is 0. The van der Waals surface area contributed by atoms with E-state index in [0.717, 1.165) is 34.2 Å². The molecule has 44 heavy (non-hydrogen) atoms. The minimum atomic E-state index is -2.58. The highest BCUT2D eigenvalue weighted by Crippen LogP contribution is 2.51. The monoisotopic (exact) mass is 596 g/mol. The summed E-state index contributed by atoms with van der Waals surface area (Å²) in [6.45, 7) is 0. The third-order valence-corrected chi connectivity index (χ3v) is 12.2. The number of allylic oxidation sites excluding steroid dienone is 6. The highest BCUT2D eigenvalue weighted by molar-refractivity contribution is 7.87. The van der Waals surface area contributed by atoms with E-state index >= 15 is 0 Å². The quantitative estimate of drug-likeness (QED) is 0.0856. The molecular formula is C38H33N2O3P. The SMILES string of the molecule is O=CCC(c1ccc([N+](=O)[O-])cc1)C1C=CC2=CC=CC=C(C2)C1N=P(c1ccccc1)(c1ccccc1)c1ccccc1. The zero-order chi connectivity index (χ0) is 30.4. The molecule has 0 N–H and O–H groups in total. The van der Waals surface area contributed by atoms with Crippen molar-refractivity contribution in [1.82, 2.24) is 0 Å². The summed E-state index contributed by atoms with van der Waals surface area (Å²) in [6, 6.07) is 38.1. The van der Waals surface area contributed by atoms with Crippen LogP contribution in [0, 0.1) is 16.0 Å². The molecule has 0 aliphatic heterocycles. The summed E-state index contributed by atoms with van der Waals surface area (Å²) in [7, 11) is -2.58. The fourth-order valence-electron chi connectivity index (χ4n) is 6.35. The van der Waals surface area contributed by atoms with Crippen molar-refractivity contribution >= 4 is 34.9 Å². The van der Waals surface area contributed by atoms with Crippen LogP contribution in [0.1, 0.15) is 24.3 Å². The molecular weight excluding hydrogens is 563 g/mol. The summed E-state index contributed by atoms with van der Waals surface area (Å²) in [6.07, 6.45) is 14.8. The Morgan fingerprint density at radius 1 is 0.795 bits per heavy atom. The molecule has 5 nitrogen and oxygen atoms in total. The van der Waals surface area contributed by atoms with Gasteiger partial charge in [0.05, 0.1) is 18.0 Å². The molecule has 0 saturated heterocycles. The largest absolute Gasteiger partial charge is 0.303 e. The molecule has 6 heteroatoms. The van der Waals surface area contributed by atoms with Gasteiger partial charge in [-0.25, -0.2) is 0 Å². The fraction of sp³-hybridized carbons (Fsp3) is 0.132. The van der Waals surface area contributed by atoms with Crippen molar-refractivity contribution in [3.05, 3.63) is 179 Å². The van der Waals surface area contributed by atoms with E-state index in [4.69, 9.17) is 4.74 Å². The molecule has 3 atom stereocenters. The number of rotatable bonds is 9. The first-order valence-corrected chi connectivity index (χ1v) is 16.5. The lowest BCUT2D eigenvalue weighted by Crippen LogP contribution is -2.31. The maximum atomic E-state index is 12.2. The molecule has 2 aliphatic rings. The van der Waals surface area contributed by atoms with Gasteiger partial charge in [-0.15, -0.1) is 0 Å². The van der Waals surface area contributed by atoms with Crippen molar-refractivity contribution in [2.24, 2.45) is 10.7 Å². The highest BCUT2D eigenvalue weighted by atomic mass is 31.2. The van der Waals surface area contributed by atoms with Crippen LogP contribution in [0.2, 0.25) is 0 Å². The first-order valence-electron chi connectivity index (χ1n) is 14.8. The van der Waals surface area contributed by atoms with Crippen LogP contribution in [-0.4, -0.2) is 17.3 Å². The third kappa shape index (κ3) is 5.84. The van der Waals surface area contributed by atoms with Gasteiger partial charge in [-0.05, 0) is 29.0 Å². The van der Waals surface area contributed by atoms with Gasteiger partial charge in [0.2, 0.25) is 0 Å². The Hall–Kier alpha value is -4.86. The Balaban J connectivity index is 1.66. The molecule has 0 radical (unpaired) electrons. The number of fused-ring (bicyclic) bond motifs is 2. The number of nitrogens with zero attached hydrogens (tertiary/aromatic N) is 2. The summed E-state index contributed by atoms with van der Waals surface area (Å²) >= 11 is 0. The van der Waals surface area contributed by atoms with E-state index in [-0.39, 0.29) is 30.0 Å². The smallest absolute Gasteiger partial charge is 0.269 e. The average Bonchev–Trinajstić information content (AvgIpc) is 3.42. The average molecular weight is 597 g/mol. The molecule has 6 rings (SSSR count). The summed E-state index contributed by atoms with van der Waals surface area (Å²) in [5.74, 6) is -0.394. The van der Waals surface area contributed by atoms with E-state index in [0.29, 0.717) is 0 Å². The minimum absolute atomic E-state index is 0.0313. The van der Waals surface area contributed by atoms with E-state index in [1.54, 1.807) is 12.1 Å². The normalized spacial score (nSPS) is 18.3. The van der Waals surface area contributed by atoms with Crippen molar-refractivity contribution in [2.75, 3.05) is 0 Å². The topological polar surface area (TPSA) is 72.6 Å². The van der Waals surface area contributed by atoms with E-state index < -0.39 is 12.0 Å². The molecule has 0 fully saturated rings. The van der Waals surface area contributed by atoms with E-state index in [1.807, 2.05) is 18.2 Å². The molecule has 0 amide bonds. The number of nitro groups is 1. The van der Waals surface area contributed by atoms with Crippen molar-refractivity contribution in [2.45, 2.75) is 24.8 Å². The van der Waals surface area contributed by atoms with E-state index in [2.05, 4.69) is 109 Å². The van der Waals surface area contributed by atoms with Crippen LogP contribution in [0.4, 0.5) is 5.69 Å². The van der Waals surface area contributed by atoms with Crippen LogP contribution in [0.3, 0.4) is 0 Å². The molecule has 2 aliphatic carbocycles. The Kier molecular flexibility index (Phi) is 8.76. The van der Waals surface area contributed by atoms with E-state index in [9.17, 15) is 14.9 Å². The highest BCUT2D eigenvalue weighted by Gasteiger charge is 2.37. The number of benzene rings is 4. The summed E-state index contributed by atoms with van der Waals surface area (Å²) in [5, 5.41) is 14.9. The predicted molar refractivity (Wildman–Crippen MR) is 180 cm³/mol. The molecule has 2 bridgehead atoms. The van der Waals surface area contributed by atoms with Gasteiger partial charge in [0, 0.05) is 40.4 Å². The van der Waals surface area contributed by atoms with Crippen molar-refractivity contribution in [1.29, 1.82) is 0 Å². The Bertz CT molecular complexity index is 1710. The fourth-order valence-corrected chi connectivity index (χ4v) is 10.1. The molecule has 0 saturated carbocycles. The zero-order valence-corrected chi connectivity index (χ0v) is 25.1. The second kappa shape index (κ2) is 13.2. The first kappa shape index (κ1) is 29.2. The third-order valence-electron chi connectivity index (χ3n) is 8.45. The van der Waals surface area contributed by atoms with Gasteiger partial charge in [-0.2, -0.15) is 0 Å². The number of non-ortho nitro benzene ring substituents is 1. The number of nitro benzene ring substituents is 1. The molecule has 4 aromatic rings. The van der Waals surface area contributed by atoms with Gasteiger partial charge < -0.3 is 4.79 Å². The van der Waals surface area contributed by atoms with Crippen LogP contribution in [0.25, 0.3) is 0 Å². The molecule has 0 aromatic heterocycles. The van der Waals surface area contributed by atoms with Gasteiger partial charge in [-0.1, -0.05) is 140 Å². The number of carbonyl (C=O) groups is 1. The van der Waals surface area contributed by atoms with Crippen LogP contribution < -0.4 is 15.9 Å². The van der Waals surface area contributed by atoms with Crippen LogP contribution >= 0.6 is 7.05 Å². The second-order valence-electron chi connectivity index (χ2n) is 11.0. The zero-order valence-electron chi connectivity index (χ0n) is 24.2. The number of hydrogen-bond acceptors (Lipinski definition) is 4. The van der Waals surface area contributed by atoms with Crippen LogP contribution in [0.15, 0.2) is 168 Å². The molecule has 4 aromatic carbocycles. The van der Waals surface area contributed by atoms with Gasteiger partial charge in [0.1, 0.15) is 6.29 Å². The van der Waals surface area contributed by atoms with Gasteiger partial charge in [-0.3, -0.25) is 14.9 Å². The Labute approximate surface area is 258 Å². The van der Waals surface area contributed by atoms with Gasteiger partial charge in [0.15, 0.2) is 0 Å². The lowest BCUT2D eigenvalue weighted by molar-refractivity contribution is -0.384. The summed E-state index contributed by atoms with van der Waals surface area (Å²) in [5.41, 5.74) is 3.29. The lowest BCUT2D eigenvalue weighted by Gasteiger charge is -2.35. The van der Waals surface area contributed by atoms with Crippen molar-refractivity contribution in [3.63, 3.8) is 0 Å². The predicted octanol–water partition coefficient (Wildman–Crippen LogP) is 7.81. The summed E-state index contributed by atoms with van der Waals surface area (Å²) < 4.78 is 6.06. The van der Waals surface area contributed by atoms with Crippen LogP contribution in [-0.2, 0) is 4.79 Å². The van der Waals surface area contributed by atoms with Gasteiger partial charge >= 0.3 is 0 Å². The number of aldehydes is 1. The molecule has 218 valence electrons. The second-order valence-corrected chi connectivity index (χ2v) is 14.1. The molecule has 0 spiro atoms. The summed E-state index contributed by atoms with van der Waals surface area (Å²) in [4.78, 5) is 23.3. The first-order chi connectivity index (χ1) is 21.6. The van der Waals surface area contributed by atoms with Crippen molar-refractivity contribution < 1.29 is 9.72 Å². The number of carbonyl (C=O) groups excluding carboxylic acids is 1. The minimum Gasteiger partial charge on any atom is -0.303 e. The maximum Gasteiger partial charge on any atom is 0.269 e. The van der Waals surface area contributed by atoms with E-state index in [1.165, 1.54) is 23.3 Å². The molecule has 0 heterocycles.